The number of aliphatic hydroxyl groups is 1. The Bertz CT molecular complexity index is 1240. The molecule has 0 radical (unpaired) electrons. The number of hydrogen-bond acceptors (Lipinski definition) is 8. The Morgan fingerprint density at radius 1 is 1.07 bits per heavy atom. The first-order valence-corrected chi connectivity index (χ1v) is 14.6. The molecule has 0 saturated carbocycles. The van der Waals surface area contributed by atoms with E-state index in [1.54, 1.807) is 59.8 Å². The highest BCUT2D eigenvalue weighted by molar-refractivity contribution is 7.99. The van der Waals surface area contributed by atoms with Crippen LogP contribution in [0.2, 0.25) is 5.02 Å². The molecule has 41 heavy (non-hydrogen) atoms. The van der Waals surface area contributed by atoms with E-state index in [0.717, 1.165) is 10.5 Å². The number of aromatic hydroxyl groups is 1. The molecule has 0 spiro atoms. The minimum absolute atomic E-state index is 0.0407. The van der Waals surface area contributed by atoms with Gasteiger partial charge in [-0.2, -0.15) is 0 Å². The molecular weight excluding hydrogens is 566 g/mol. The van der Waals surface area contributed by atoms with E-state index in [1.165, 1.54) is 17.8 Å². The third-order valence-corrected chi connectivity index (χ3v) is 7.08. The number of ether oxygens (including phenoxy) is 3. The van der Waals surface area contributed by atoms with Crippen molar-refractivity contribution in [2.75, 3.05) is 13.2 Å². The topological polar surface area (TPSA) is 114 Å². The van der Waals surface area contributed by atoms with Gasteiger partial charge in [0, 0.05) is 20.9 Å². The fourth-order valence-electron chi connectivity index (χ4n) is 3.93. The molecule has 1 unspecified atom stereocenters. The summed E-state index contributed by atoms with van der Waals surface area (Å²) in [6.45, 7) is 16.3. The van der Waals surface area contributed by atoms with Crippen molar-refractivity contribution in [1.82, 2.24) is 5.32 Å². The number of aryl methyl sites for hydroxylation is 1. The Kier molecular flexibility index (Phi) is 12.0. The maximum Gasteiger partial charge on any atom is 0.408 e. The monoisotopic (exact) mass is 607 g/mol. The van der Waals surface area contributed by atoms with Crippen molar-refractivity contribution in [3.8, 4) is 11.5 Å². The smallest absolute Gasteiger partial charge is 0.408 e. The molecule has 0 aliphatic rings. The van der Waals surface area contributed by atoms with Crippen LogP contribution in [0.5, 0.6) is 11.5 Å². The van der Waals surface area contributed by atoms with Crippen LogP contribution in [0.3, 0.4) is 0 Å². The molecule has 2 aromatic rings. The van der Waals surface area contributed by atoms with Crippen LogP contribution in [-0.4, -0.2) is 52.2 Å². The number of carbonyl (C=O) groups is 2. The lowest BCUT2D eigenvalue weighted by Gasteiger charge is -2.33. The second-order valence-corrected chi connectivity index (χ2v) is 13.2. The number of hydrogen-bond donors (Lipinski definition) is 3. The second kappa shape index (κ2) is 14.3. The van der Waals surface area contributed by atoms with E-state index in [1.807, 2.05) is 19.1 Å². The first-order chi connectivity index (χ1) is 19.0. The van der Waals surface area contributed by atoms with Gasteiger partial charge in [0.15, 0.2) is 0 Å². The van der Waals surface area contributed by atoms with Gasteiger partial charge in [-0.25, -0.2) is 9.59 Å². The van der Waals surface area contributed by atoms with E-state index < -0.39 is 28.8 Å². The van der Waals surface area contributed by atoms with Crippen LogP contribution in [0, 0.1) is 0 Å². The van der Waals surface area contributed by atoms with E-state index >= 15 is 0 Å². The van der Waals surface area contributed by atoms with Crippen LogP contribution < -0.4 is 10.1 Å². The Morgan fingerprint density at radius 3 is 2.27 bits per heavy atom. The molecule has 1 amide bonds. The van der Waals surface area contributed by atoms with Crippen molar-refractivity contribution in [3.63, 3.8) is 0 Å². The highest BCUT2D eigenvalue weighted by atomic mass is 35.5. The summed E-state index contributed by atoms with van der Waals surface area (Å²) >= 11 is 7.91. The predicted molar refractivity (Wildman–Crippen MR) is 162 cm³/mol. The molecular formula is C31H42ClNO7S. The number of benzene rings is 2. The summed E-state index contributed by atoms with van der Waals surface area (Å²) in [7, 11) is 0. The van der Waals surface area contributed by atoms with Crippen LogP contribution in [0.15, 0.2) is 52.8 Å². The number of amides is 1. The van der Waals surface area contributed by atoms with Gasteiger partial charge in [-0.1, -0.05) is 35.5 Å². The normalized spacial score (nSPS) is 13.2. The Hall–Kier alpha value is -2.88. The fourth-order valence-corrected chi connectivity index (χ4v) is 5.30. The quantitative estimate of drug-likeness (QED) is 0.170. The van der Waals surface area contributed by atoms with Crippen molar-refractivity contribution >= 4 is 35.4 Å². The number of alkyl carbamates (subject to hydrolysis) is 1. The van der Waals surface area contributed by atoms with Gasteiger partial charge in [0.25, 0.3) is 0 Å². The van der Waals surface area contributed by atoms with Crippen molar-refractivity contribution in [2.24, 2.45) is 0 Å². The van der Waals surface area contributed by atoms with E-state index in [2.05, 4.69) is 11.9 Å². The third-order valence-electron chi connectivity index (χ3n) is 5.70. The van der Waals surface area contributed by atoms with Crippen molar-refractivity contribution in [1.29, 1.82) is 0 Å². The van der Waals surface area contributed by atoms with Gasteiger partial charge in [-0.15, -0.1) is 6.58 Å². The molecule has 0 fully saturated rings. The molecule has 2 aromatic carbocycles. The van der Waals surface area contributed by atoms with Gasteiger partial charge in [0.2, 0.25) is 0 Å². The summed E-state index contributed by atoms with van der Waals surface area (Å²) in [4.78, 5) is 26.6. The van der Waals surface area contributed by atoms with E-state index in [9.17, 15) is 19.8 Å². The van der Waals surface area contributed by atoms with Crippen molar-refractivity contribution in [3.05, 3.63) is 59.1 Å². The van der Waals surface area contributed by atoms with Gasteiger partial charge >= 0.3 is 12.1 Å². The maximum atomic E-state index is 13.0. The number of phenols is 1. The molecule has 0 aromatic heterocycles. The van der Waals surface area contributed by atoms with Crippen molar-refractivity contribution < 1.29 is 34.0 Å². The third kappa shape index (κ3) is 10.8. The number of carbonyl (C=O) groups excluding carboxylic acids is 2. The van der Waals surface area contributed by atoms with Gasteiger partial charge in [-0.3, -0.25) is 0 Å². The van der Waals surface area contributed by atoms with Gasteiger partial charge < -0.3 is 29.7 Å². The average molecular weight is 608 g/mol. The van der Waals surface area contributed by atoms with Crippen LogP contribution >= 0.6 is 23.4 Å². The van der Waals surface area contributed by atoms with Crippen LogP contribution in [0.25, 0.3) is 0 Å². The van der Waals surface area contributed by atoms with E-state index in [0.29, 0.717) is 41.5 Å². The molecule has 8 nitrogen and oxygen atoms in total. The molecule has 3 N–H and O–H groups in total. The highest BCUT2D eigenvalue weighted by Gasteiger charge is 2.32. The number of halogens is 1. The van der Waals surface area contributed by atoms with Gasteiger partial charge in [-0.05, 0) is 91.5 Å². The summed E-state index contributed by atoms with van der Waals surface area (Å²) in [6.07, 6.45) is 2.19. The summed E-state index contributed by atoms with van der Waals surface area (Å²) in [5.74, 6) is -0.471. The minimum atomic E-state index is -0.972. The van der Waals surface area contributed by atoms with E-state index in [4.69, 9.17) is 25.8 Å². The van der Waals surface area contributed by atoms with E-state index in [-0.39, 0.29) is 17.9 Å². The maximum absolute atomic E-state index is 13.0. The summed E-state index contributed by atoms with van der Waals surface area (Å²) < 4.78 is 16.5. The minimum Gasteiger partial charge on any atom is -0.507 e. The molecule has 2 rings (SSSR count). The second-order valence-electron chi connectivity index (χ2n) is 11.7. The zero-order valence-electron chi connectivity index (χ0n) is 24.9. The number of aliphatic hydroxyl groups excluding tert-OH is 1. The standard InChI is InChI=1S/C31H42ClNO7S/c1-9-14-31(19-34,33-28(37)40-30(6,7)8)15-13-20-11-12-22(18-23(20)32)41-25-17-21(38-10-2)16-24(35)26(25)27(36)39-29(3,4)5/h9,11-12,16-18,34-35H,1,10,13-15,19H2,2-8H3,(H,33,37). The molecule has 1 atom stereocenters. The van der Waals surface area contributed by atoms with Gasteiger partial charge in [0.1, 0.15) is 28.3 Å². The Balaban J connectivity index is 2.31. The molecule has 0 heterocycles. The predicted octanol–water partition coefficient (Wildman–Crippen LogP) is 7.32. The molecule has 0 bridgehead atoms. The first-order valence-electron chi connectivity index (χ1n) is 13.4. The largest absolute Gasteiger partial charge is 0.507 e. The van der Waals surface area contributed by atoms with Crippen molar-refractivity contribution in [2.45, 2.75) is 94.3 Å². The Labute approximate surface area is 252 Å². The number of rotatable bonds is 12. The first kappa shape index (κ1) is 34.3. The fraction of sp³-hybridized carbons (Fsp3) is 0.484. The zero-order chi connectivity index (χ0) is 31.0. The van der Waals surface area contributed by atoms with Gasteiger partial charge in [0.05, 0.1) is 18.8 Å². The Morgan fingerprint density at radius 2 is 1.73 bits per heavy atom. The lowest BCUT2D eigenvalue weighted by molar-refractivity contribution is 0.00622. The zero-order valence-corrected chi connectivity index (χ0v) is 26.5. The lowest BCUT2D eigenvalue weighted by Crippen LogP contribution is -2.52. The number of esters is 1. The number of nitrogens with one attached hydrogen (secondary N) is 1. The summed E-state index contributed by atoms with van der Waals surface area (Å²) in [5.41, 5.74) is -1.55. The molecule has 0 aliphatic heterocycles. The molecule has 0 saturated heterocycles. The van der Waals surface area contributed by atoms with Crippen LogP contribution in [0.4, 0.5) is 4.79 Å². The molecule has 226 valence electrons. The summed E-state index contributed by atoms with van der Waals surface area (Å²) in [5, 5.41) is 24.2. The molecule has 10 heteroatoms. The van der Waals surface area contributed by atoms with Crippen LogP contribution in [0.1, 0.15) is 77.2 Å². The highest BCUT2D eigenvalue weighted by Crippen LogP contribution is 2.40. The van der Waals surface area contributed by atoms with Crippen LogP contribution in [-0.2, 0) is 15.9 Å². The average Bonchev–Trinajstić information content (AvgIpc) is 2.81. The lowest BCUT2D eigenvalue weighted by atomic mass is 9.88. The summed E-state index contributed by atoms with van der Waals surface area (Å²) in [6, 6.07) is 8.55. The molecule has 0 aliphatic carbocycles. The SMILES string of the molecule is C=CCC(CO)(CCc1ccc(Sc2cc(OCC)cc(O)c2C(=O)OC(C)(C)C)cc1Cl)NC(=O)OC(C)(C)C. The number of phenolic OH excluding ortho intramolecular Hbond substituents is 1.